The summed E-state index contributed by atoms with van der Waals surface area (Å²) in [6.07, 6.45) is 2.16. The Bertz CT molecular complexity index is 546. The first-order chi connectivity index (χ1) is 9.99. The van der Waals surface area contributed by atoms with Crippen molar-refractivity contribution in [3.05, 3.63) is 28.8 Å². The third-order valence-corrected chi connectivity index (χ3v) is 3.83. The molecule has 1 heterocycles. The molecule has 1 amide bonds. The van der Waals surface area contributed by atoms with Crippen molar-refractivity contribution < 1.29 is 19.4 Å². The lowest BCUT2D eigenvalue weighted by Crippen LogP contribution is -2.49. The van der Waals surface area contributed by atoms with Crippen molar-refractivity contribution in [3.63, 3.8) is 0 Å². The lowest BCUT2D eigenvalue weighted by Gasteiger charge is -2.32. The number of ether oxygens (including phenoxy) is 1. The fourth-order valence-corrected chi connectivity index (χ4v) is 2.71. The third-order valence-electron chi connectivity index (χ3n) is 3.60. The molecule has 1 saturated heterocycles. The highest BCUT2D eigenvalue weighted by Gasteiger charge is 2.31. The number of aryl methyl sites for hydroxylation is 1. The molecule has 1 aliphatic rings. The number of carboxylic acid groups (broad SMARTS) is 1. The van der Waals surface area contributed by atoms with Crippen molar-refractivity contribution in [2.24, 2.45) is 0 Å². The first-order valence-electron chi connectivity index (χ1n) is 6.90. The molecule has 0 radical (unpaired) electrons. The normalized spacial score (nSPS) is 18.4. The van der Waals surface area contributed by atoms with Crippen molar-refractivity contribution in [2.45, 2.75) is 32.2 Å². The van der Waals surface area contributed by atoms with Crippen molar-refractivity contribution in [1.29, 1.82) is 0 Å². The number of hydrogen-bond acceptors (Lipinski definition) is 3. The van der Waals surface area contributed by atoms with Gasteiger partial charge in [-0.2, -0.15) is 0 Å². The lowest BCUT2D eigenvalue weighted by atomic mass is 10.0. The Morgan fingerprint density at radius 1 is 1.43 bits per heavy atom. The Balaban J connectivity index is 1.98. The van der Waals surface area contributed by atoms with Gasteiger partial charge in [-0.1, -0.05) is 11.6 Å². The molecule has 1 aliphatic heterocycles. The third kappa shape index (κ3) is 3.88. The Kier molecular flexibility index (Phi) is 5.07. The summed E-state index contributed by atoms with van der Waals surface area (Å²) in [5, 5.41) is 9.77. The Morgan fingerprint density at radius 3 is 2.86 bits per heavy atom. The van der Waals surface area contributed by atoms with Crippen LogP contribution in [-0.2, 0) is 9.59 Å². The van der Waals surface area contributed by atoms with Crippen LogP contribution in [0.15, 0.2) is 18.2 Å². The highest BCUT2D eigenvalue weighted by Crippen LogP contribution is 2.22. The quantitative estimate of drug-likeness (QED) is 0.927. The number of rotatable bonds is 4. The number of benzene rings is 1. The number of amides is 1. The molecule has 0 aromatic heterocycles. The predicted octanol–water partition coefficient (Wildman–Crippen LogP) is 2.49. The van der Waals surface area contributed by atoms with Gasteiger partial charge in [-0.05, 0) is 49.9 Å². The Labute approximate surface area is 128 Å². The molecule has 114 valence electrons. The highest BCUT2D eigenvalue weighted by molar-refractivity contribution is 6.30. The van der Waals surface area contributed by atoms with E-state index in [4.69, 9.17) is 21.4 Å². The van der Waals surface area contributed by atoms with Crippen molar-refractivity contribution in [2.75, 3.05) is 13.2 Å². The zero-order valence-corrected chi connectivity index (χ0v) is 12.6. The van der Waals surface area contributed by atoms with Crippen LogP contribution in [-0.4, -0.2) is 41.1 Å². The topological polar surface area (TPSA) is 66.8 Å². The summed E-state index contributed by atoms with van der Waals surface area (Å²) >= 11 is 5.86. The number of halogens is 1. The van der Waals surface area contributed by atoms with E-state index in [0.29, 0.717) is 23.7 Å². The molecule has 6 heteroatoms. The molecule has 1 aromatic carbocycles. The van der Waals surface area contributed by atoms with Crippen LogP contribution in [0.1, 0.15) is 24.8 Å². The van der Waals surface area contributed by atoms with E-state index in [9.17, 15) is 9.59 Å². The van der Waals surface area contributed by atoms with Gasteiger partial charge in [0.1, 0.15) is 11.8 Å². The summed E-state index contributed by atoms with van der Waals surface area (Å²) in [4.78, 5) is 24.8. The minimum absolute atomic E-state index is 0.160. The number of hydrogen-bond donors (Lipinski definition) is 1. The van der Waals surface area contributed by atoms with Crippen molar-refractivity contribution in [3.8, 4) is 5.75 Å². The fourth-order valence-electron chi connectivity index (χ4n) is 2.48. The minimum atomic E-state index is -0.953. The van der Waals surface area contributed by atoms with Gasteiger partial charge < -0.3 is 14.7 Å². The molecule has 0 bridgehead atoms. The zero-order valence-electron chi connectivity index (χ0n) is 11.8. The van der Waals surface area contributed by atoms with E-state index >= 15 is 0 Å². The van der Waals surface area contributed by atoms with Gasteiger partial charge in [0.2, 0.25) is 0 Å². The second-order valence-corrected chi connectivity index (χ2v) is 5.57. The Morgan fingerprint density at radius 2 is 2.19 bits per heavy atom. The molecule has 0 unspecified atom stereocenters. The second-order valence-electron chi connectivity index (χ2n) is 5.14. The molecular formula is C15H18ClNO4. The molecule has 1 fully saturated rings. The number of carboxylic acids is 1. The Hall–Kier alpha value is -1.75. The van der Waals surface area contributed by atoms with Gasteiger partial charge in [0.05, 0.1) is 0 Å². The number of aliphatic carboxylic acids is 1. The maximum Gasteiger partial charge on any atom is 0.326 e. The van der Waals surface area contributed by atoms with Gasteiger partial charge in [-0.15, -0.1) is 0 Å². The van der Waals surface area contributed by atoms with Crippen LogP contribution in [0.2, 0.25) is 5.02 Å². The van der Waals surface area contributed by atoms with E-state index in [1.807, 2.05) is 6.92 Å². The predicted molar refractivity (Wildman–Crippen MR) is 78.7 cm³/mol. The molecule has 0 aliphatic carbocycles. The second kappa shape index (κ2) is 6.80. The summed E-state index contributed by atoms with van der Waals surface area (Å²) < 4.78 is 5.49. The van der Waals surface area contributed by atoms with Gasteiger partial charge in [-0.25, -0.2) is 4.79 Å². The van der Waals surface area contributed by atoms with Crippen LogP contribution in [0.3, 0.4) is 0 Å². The summed E-state index contributed by atoms with van der Waals surface area (Å²) in [7, 11) is 0. The van der Waals surface area contributed by atoms with E-state index in [2.05, 4.69) is 0 Å². The number of piperidine rings is 1. The van der Waals surface area contributed by atoms with E-state index in [0.717, 1.165) is 18.4 Å². The monoisotopic (exact) mass is 311 g/mol. The first kappa shape index (κ1) is 15.6. The molecule has 0 spiro atoms. The van der Waals surface area contributed by atoms with Crippen LogP contribution < -0.4 is 4.74 Å². The largest absolute Gasteiger partial charge is 0.483 e. The average Bonchev–Trinajstić information content (AvgIpc) is 2.46. The van der Waals surface area contributed by atoms with Gasteiger partial charge in [0, 0.05) is 11.6 Å². The van der Waals surface area contributed by atoms with Crippen LogP contribution >= 0.6 is 11.6 Å². The molecule has 5 nitrogen and oxygen atoms in total. The van der Waals surface area contributed by atoms with Gasteiger partial charge in [0.25, 0.3) is 5.91 Å². The number of carbonyl (C=O) groups excluding carboxylic acids is 1. The van der Waals surface area contributed by atoms with E-state index in [-0.39, 0.29) is 12.5 Å². The molecule has 21 heavy (non-hydrogen) atoms. The van der Waals surface area contributed by atoms with Gasteiger partial charge in [-0.3, -0.25) is 4.79 Å². The van der Waals surface area contributed by atoms with Crippen LogP contribution in [0.25, 0.3) is 0 Å². The SMILES string of the molecule is Cc1cc(Cl)ccc1OCC(=O)N1CCCC[C@H]1C(=O)O. The molecule has 1 atom stereocenters. The maximum atomic E-state index is 12.2. The van der Waals surface area contributed by atoms with Crippen molar-refractivity contribution in [1.82, 2.24) is 4.90 Å². The lowest BCUT2D eigenvalue weighted by molar-refractivity contribution is -0.152. The summed E-state index contributed by atoms with van der Waals surface area (Å²) in [6.45, 7) is 2.15. The summed E-state index contributed by atoms with van der Waals surface area (Å²) in [6, 6.07) is 4.41. The molecule has 0 saturated carbocycles. The standard InChI is InChI=1S/C15H18ClNO4/c1-10-8-11(16)5-6-13(10)21-9-14(18)17-7-3-2-4-12(17)15(19)20/h5-6,8,12H,2-4,7,9H2,1H3,(H,19,20)/t12-/m0/s1. The smallest absolute Gasteiger partial charge is 0.326 e. The minimum Gasteiger partial charge on any atom is -0.483 e. The number of nitrogens with zero attached hydrogens (tertiary/aromatic N) is 1. The summed E-state index contributed by atoms with van der Waals surface area (Å²) in [5.74, 6) is -0.668. The fraction of sp³-hybridized carbons (Fsp3) is 0.467. The molecule has 1 N–H and O–H groups in total. The molecular weight excluding hydrogens is 294 g/mol. The van der Waals surface area contributed by atoms with Crippen molar-refractivity contribution >= 4 is 23.5 Å². The summed E-state index contributed by atoms with van der Waals surface area (Å²) in [5.41, 5.74) is 0.837. The molecule has 1 aromatic rings. The van der Waals surface area contributed by atoms with E-state index in [1.54, 1.807) is 18.2 Å². The van der Waals surface area contributed by atoms with Crippen LogP contribution in [0.4, 0.5) is 0 Å². The van der Waals surface area contributed by atoms with E-state index in [1.165, 1.54) is 4.90 Å². The van der Waals surface area contributed by atoms with Crippen LogP contribution in [0, 0.1) is 6.92 Å². The van der Waals surface area contributed by atoms with Crippen LogP contribution in [0.5, 0.6) is 5.75 Å². The van der Waals surface area contributed by atoms with E-state index < -0.39 is 12.0 Å². The van der Waals surface area contributed by atoms with Gasteiger partial charge in [0.15, 0.2) is 6.61 Å². The first-order valence-corrected chi connectivity index (χ1v) is 7.28. The zero-order chi connectivity index (χ0) is 15.4. The number of likely N-dealkylation sites (tertiary alicyclic amines) is 1. The van der Waals surface area contributed by atoms with Gasteiger partial charge >= 0.3 is 5.97 Å². The molecule has 2 rings (SSSR count). The number of carbonyl (C=O) groups is 2. The average molecular weight is 312 g/mol. The maximum absolute atomic E-state index is 12.2. The highest BCUT2D eigenvalue weighted by atomic mass is 35.5.